The zero-order chi connectivity index (χ0) is 17.2. The van der Waals surface area contributed by atoms with Crippen molar-refractivity contribution in [2.45, 2.75) is 12.8 Å². The van der Waals surface area contributed by atoms with Gasteiger partial charge in [-0.15, -0.1) is 0 Å². The Hall–Kier alpha value is -2.54. The van der Waals surface area contributed by atoms with Crippen molar-refractivity contribution in [3.63, 3.8) is 0 Å². The van der Waals surface area contributed by atoms with E-state index >= 15 is 0 Å². The first-order chi connectivity index (χ1) is 11.7. The summed E-state index contributed by atoms with van der Waals surface area (Å²) in [5, 5.41) is 3.09. The molecule has 1 amide bonds. The molecule has 2 aromatic rings. The number of amides is 1. The molecule has 0 spiro atoms. The second-order valence-corrected chi connectivity index (χ2v) is 5.37. The Bertz CT molecular complexity index is 636. The number of nitrogens with one attached hydrogen (secondary N) is 1. The minimum absolute atomic E-state index is 0.119. The van der Waals surface area contributed by atoms with Crippen LogP contribution in [0.25, 0.3) is 0 Å². The van der Waals surface area contributed by atoms with Gasteiger partial charge >= 0.3 is 0 Å². The molecule has 0 atom stereocenters. The maximum absolute atomic E-state index is 12.5. The summed E-state index contributed by atoms with van der Waals surface area (Å²) >= 11 is 0. The van der Waals surface area contributed by atoms with Gasteiger partial charge in [-0.25, -0.2) is 9.97 Å². The molecular formula is C17H23N5O2. The molecule has 0 saturated heterocycles. The number of rotatable bonds is 9. The van der Waals surface area contributed by atoms with Gasteiger partial charge in [-0.2, -0.15) is 0 Å². The zero-order valence-corrected chi connectivity index (χ0v) is 14.1. The van der Waals surface area contributed by atoms with Crippen LogP contribution in [0.1, 0.15) is 22.5 Å². The van der Waals surface area contributed by atoms with Gasteiger partial charge in [0.05, 0.1) is 0 Å². The summed E-state index contributed by atoms with van der Waals surface area (Å²) in [7, 11) is 3.44. The van der Waals surface area contributed by atoms with E-state index in [-0.39, 0.29) is 5.91 Å². The molecule has 7 nitrogen and oxygen atoms in total. The first kappa shape index (κ1) is 17.8. The fourth-order valence-corrected chi connectivity index (χ4v) is 2.12. The summed E-state index contributed by atoms with van der Waals surface area (Å²) in [5.74, 6) is 0.339. The van der Waals surface area contributed by atoms with Crippen molar-refractivity contribution in [3.8, 4) is 0 Å². The maximum atomic E-state index is 12.5. The molecule has 128 valence electrons. The standard InChI is InChI=1S/C17H23N5O2/c1-22(12-7-14-4-9-18-10-5-14)16(23)15-6-11-20-17(21-15)19-8-3-13-24-2/h4-6,9-11H,3,7-8,12-13H2,1-2H3,(H,19,20,21). The van der Waals surface area contributed by atoms with Gasteiger partial charge in [0.1, 0.15) is 5.69 Å². The highest BCUT2D eigenvalue weighted by atomic mass is 16.5. The predicted molar refractivity (Wildman–Crippen MR) is 91.9 cm³/mol. The molecule has 1 N–H and O–H groups in total. The number of ether oxygens (including phenoxy) is 1. The van der Waals surface area contributed by atoms with E-state index in [0.717, 1.165) is 18.4 Å². The fourth-order valence-electron chi connectivity index (χ4n) is 2.12. The molecule has 24 heavy (non-hydrogen) atoms. The Balaban J connectivity index is 1.88. The maximum Gasteiger partial charge on any atom is 0.272 e. The van der Waals surface area contributed by atoms with Crippen molar-refractivity contribution >= 4 is 11.9 Å². The van der Waals surface area contributed by atoms with Crippen LogP contribution in [-0.4, -0.2) is 59.6 Å². The molecule has 2 heterocycles. The van der Waals surface area contributed by atoms with E-state index in [9.17, 15) is 4.79 Å². The van der Waals surface area contributed by atoms with Gasteiger partial charge in [0, 0.05) is 52.4 Å². The number of hydrogen-bond acceptors (Lipinski definition) is 6. The largest absolute Gasteiger partial charge is 0.385 e. The first-order valence-electron chi connectivity index (χ1n) is 7.91. The van der Waals surface area contributed by atoms with Gasteiger partial charge < -0.3 is 15.0 Å². The van der Waals surface area contributed by atoms with E-state index in [1.54, 1.807) is 43.7 Å². The number of hydrogen-bond donors (Lipinski definition) is 1. The fraction of sp³-hybridized carbons (Fsp3) is 0.412. The van der Waals surface area contributed by atoms with E-state index in [1.807, 2.05) is 12.1 Å². The van der Waals surface area contributed by atoms with Crippen LogP contribution in [0, 0.1) is 0 Å². The number of likely N-dealkylation sites (N-methyl/N-ethyl adjacent to an activating group) is 1. The Morgan fingerprint density at radius 2 is 2.04 bits per heavy atom. The van der Waals surface area contributed by atoms with Gasteiger partial charge in [-0.1, -0.05) is 0 Å². The molecule has 0 aliphatic carbocycles. The summed E-state index contributed by atoms with van der Waals surface area (Å²) in [5.41, 5.74) is 1.53. The van der Waals surface area contributed by atoms with Gasteiger partial charge in [-0.3, -0.25) is 9.78 Å². The summed E-state index contributed by atoms with van der Waals surface area (Å²) in [4.78, 5) is 26.5. The van der Waals surface area contributed by atoms with Crippen LogP contribution >= 0.6 is 0 Å². The quantitative estimate of drug-likeness (QED) is 0.705. The Morgan fingerprint density at radius 3 is 2.79 bits per heavy atom. The van der Waals surface area contributed by atoms with Crippen LogP contribution in [0.3, 0.4) is 0 Å². The summed E-state index contributed by atoms with van der Waals surface area (Å²) in [6.07, 6.45) is 6.73. The van der Waals surface area contributed by atoms with E-state index < -0.39 is 0 Å². The van der Waals surface area contributed by atoms with Gasteiger partial charge in [0.15, 0.2) is 0 Å². The Kier molecular flexibility index (Phi) is 7.10. The molecule has 0 fully saturated rings. The van der Waals surface area contributed by atoms with E-state index in [4.69, 9.17) is 4.74 Å². The van der Waals surface area contributed by atoms with Crippen molar-refractivity contribution < 1.29 is 9.53 Å². The molecule has 0 saturated carbocycles. The molecule has 0 unspecified atom stereocenters. The average molecular weight is 329 g/mol. The third-order valence-electron chi connectivity index (χ3n) is 3.51. The van der Waals surface area contributed by atoms with Crippen molar-refractivity contribution in [2.75, 3.05) is 39.2 Å². The number of methoxy groups -OCH3 is 1. The smallest absolute Gasteiger partial charge is 0.272 e. The van der Waals surface area contributed by atoms with Crippen LogP contribution < -0.4 is 5.32 Å². The lowest BCUT2D eigenvalue weighted by Gasteiger charge is -2.17. The van der Waals surface area contributed by atoms with Crippen LogP contribution in [-0.2, 0) is 11.2 Å². The summed E-state index contributed by atoms with van der Waals surface area (Å²) in [6, 6.07) is 5.53. The SMILES string of the molecule is COCCCNc1nccc(C(=O)N(C)CCc2ccncc2)n1. The Morgan fingerprint density at radius 1 is 1.25 bits per heavy atom. The normalized spacial score (nSPS) is 10.4. The molecule has 0 aliphatic heterocycles. The molecule has 0 aromatic carbocycles. The first-order valence-corrected chi connectivity index (χ1v) is 7.91. The van der Waals surface area contributed by atoms with Gasteiger partial charge in [0.25, 0.3) is 5.91 Å². The highest BCUT2D eigenvalue weighted by Gasteiger charge is 2.14. The zero-order valence-electron chi connectivity index (χ0n) is 14.1. The lowest BCUT2D eigenvalue weighted by atomic mass is 10.2. The van der Waals surface area contributed by atoms with Crippen LogP contribution in [0.15, 0.2) is 36.8 Å². The number of anilines is 1. The van der Waals surface area contributed by atoms with Crippen molar-refractivity contribution in [2.24, 2.45) is 0 Å². The molecule has 0 radical (unpaired) electrons. The van der Waals surface area contributed by atoms with Crippen molar-refractivity contribution in [1.29, 1.82) is 0 Å². The van der Waals surface area contributed by atoms with Gasteiger partial charge in [-0.05, 0) is 36.6 Å². The number of carbonyl (C=O) groups excluding carboxylic acids is 1. The molecule has 0 bridgehead atoms. The number of aromatic nitrogens is 3. The second-order valence-electron chi connectivity index (χ2n) is 5.37. The van der Waals surface area contributed by atoms with E-state index in [0.29, 0.717) is 31.3 Å². The van der Waals surface area contributed by atoms with Crippen LogP contribution in [0.4, 0.5) is 5.95 Å². The highest BCUT2D eigenvalue weighted by molar-refractivity contribution is 5.92. The van der Waals surface area contributed by atoms with E-state index in [2.05, 4.69) is 20.3 Å². The molecular weight excluding hydrogens is 306 g/mol. The lowest BCUT2D eigenvalue weighted by molar-refractivity contribution is 0.0791. The minimum atomic E-state index is -0.119. The third-order valence-corrected chi connectivity index (χ3v) is 3.51. The monoisotopic (exact) mass is 329 g/mol. The molecule has 7 heteroatoms. The molecule has 0 aliphatic rings. The predicted octanol–water partition coefficient (Wildman–Crippen LogP) is 1.63. The van der Waals surface area contributed by atoms with Gasteiger partial charge in [0.2, 0.25) is 5.95 Å². The van der Waals surface area contributed by atoms with Crippen molar-refractivity contribution in [3.05, 3.63) is 48.0 Å². The second kappa shape index (κ2) is 9.57. The average Bonchev–Trinajstić information content (AvgIpc) is 2.64. The number of pyridine rings is 1. The lowest BCUT2D eigenvalue weighted by Crippen LogP contribution is -2.29. The third kappa shape index (κ3) is 5.58. The molecule has 2 aromatic heterocycles. The summed E-state index contributed by atoms with van der Waals surface area (Å²) < 4.78 is 4.99. The number of carbonyl (C=O) groups is 1. The highest BCUT2D eigenvalue weighted by Crippen LogP contribution is 2.06. The minimum Gasteiger partial charge on any atom is -0.385 e. The van der Waals surface area contributed by atoms with Crippen LogP contribution in [0.5, 0.6) is 0 Å². The van der Waals surface area contributed by atoms with E-state index in [1.165, 1.54) is 0 Å². The summed E-state index contributed by atoms with van der Waals surface area (Å²) in [6.45, 7) is 1.98. The van der Waals surface area contributed by atoms with Crippen LogP contribution in [0.2, 0.25) is 0 Å². The molecule has 2 rings (SSSR count). The van der Waals surface area contributed by atoms with Crippen molar-refractivity contribution in [1.82, 2.24) is 19.9 Å². The topological polar surface area (TPSA) is 80.2 Å². The Labute approximate surface area is 142 Å². The number of nitrogens with zero attached hydrogens (tertiary/aromatic N) is 4.